The van der Waals surface area contributed by atoms with E-state index in [1.807, 2.05) is 38.1 Å². The first kappa shape index (κ1) is 13.4. The summed E-state index contributed by atoms with van der Waals surface area (Å²) < 4.78 is 10.9. The van der Waals surface area contributed by atoms with Crippen LogP contribution in [0, 0.1) is 0 Å². The average molecular weight is 262 g/mol. The maximum atomic E-state index is 5.65. The van der Waals surface area contributed by atoms with Crippen LogP contribution in [0.25, 0.3) is 0 Å². The molecule has 3 N–H and O–H groups in total. The van der Waals surface area contributed by atoms with Crippen LogP contribution in [0.3, 0.4) is 0 Å². The van der Waals surface area contributed by atoms with E-state index in [9.17, 15) is 0 Å². The lowest BCUT2D eigenvalue weighted by atomic mass is 10.3. The molecule has 0 radical (unpaired) electrons. The van der Waals surface area contributed by atoms with Crippen molar-refractivity contribution in [3.63, 3.8) is 0 Å². The van der Waals surface area contributed by atoms with E-state index in [1.54, 1.807) is 6.92 Å². The van der Waals surface area contributed by atoms with Gasteiger partial charge in [-0.15, -0.1) is 5.10 Å². The Kier molecular flexibility index (Phi) is 4.01. The number of rotatable bonds is 5. The summed E-state index contributed by atoms with van der Waals surface area (Å²) in [5.41, 5.74) is 6.49. The van der Waals surface area contributed by atoms with Gasteiger partial charge in [0, 0.05) is 5.69 Å². The fourth-order valence-electron chi connectivity index (χ4n) is 1.48. The minimum absolute atomic E-state index is 0.156. The predicted molar refractivity (Wildman–Crippen MR) is 72.4 cm³/mol. The number of ether oxygens (including phenoxy) is 1. The molecule has 0 bridgehead atoms. The van der Waals surface area contributed by atoms with Gasteiger partial charge in [0.2, 0.25) is 5.89 Å². The molecule has 6 nitrogen and oxygen atoms in total. The Labute approximate surface area is 112 Å². The summed E-state index contributed by atoms with van der Waals surface area (Å²) in [4.78, 5) is 0. The van der Waals surface area contributed by atoms with Crippen LogP contribution in [0.1, 0.15) is 32.7 Å². The number of hydrogen-bond acceptors (Lipinski definition) is 6. The smallest absolute Gasteiger partial charge is 0.320 e. The monoisotopic (exact) mass is 262 g/mol. The van der Waals surface area contributed by atoms with Gasteiger partial charge in [-0.05, 0) is 45.0 Å². The molecule has 1 heterocycles. The van der Waals surface area contributed by atoms with E-state index in [1.165, 1.54) is 0 Å². The average Bonchev–Trinajstić information content (AvgIpc) is 2.80. The molecule has 2 rings (SSSR count). The molecule has 0 aliphatic rings. The lowest BCUT2D eigenvalue weighted by Gasteiger charge is -2.09. The second kappa shape index (κ2) is 5.71. The molecule has 0 fully saturated rings. The number of anilines is 2. The van der Waals surface area contributed by atoms with Crippen molar-refractivity contribution in [2.45, 2.75) is 32.9 Å². The highest BCUT2D eigenvalue weighted by molar-refractivity contribution is 5.53. The van der Waals surface area contributed by atoms with Gasteiger partial charge in [-0.2, -0.15) is 0 Å². The third kappa shape index (κ3) is 3.69. The predicted octanol–water partition coefficient (Wildman–Crippen LogP) is 2.62. The first-order valence-electron chi connectivity index (χ1n) is 6.17. The third-order valence-electron chi connectivity index (χ3n) is 2.31. The van der Waals surface area contributed by atoms with E-state index in [-0.39, 0.29) is 12.1 Å². The topological polar surface area (TPSA) is 86.2 Å². The summed E-state index contributed by atoms with van der Waals surface area (Å²) in [5.74, 6) is 1.23. The van der Waals surface area contributed by atoms with Crippen LogP contribution in [-0.2, 0) is 0 Å². The van der Waals surface area contributed by atoms with E-state index in [2.05, 4.69) is 15.5 Å². The first-order valence-corrected chi connectivity index (χ1v) is 6.17. The van der Waals surface area contributed by atoms with E-state index in [0.717, 1.165) is 11.4 Å². The summed E-state index contributed by atoms with van der Waals surface area (Å²) in [7, 11) is 0. The van der Waals surface area contributed by atoms with Gasteiger partial charge in [0.05, 0.1) is 12.1 Å². The van der Waals surface area contributed by atoms with Crippen molar-refractivity contribution in [1.82, 2.24) is 10.2 Å². The van der Waals surface area contributed by atoms with Crippen LogP contribution < -0.4 is 15.8 Å². The second-order valence-electron chi connectivity index (χ2n) is 4.55. The van der Waals surface area contributed by atoms with Crippen molar-refractivity contribution < 1.29 is 9.15 Å². The minimum Gasteiger partial charge on any atom is -0.491 e. The van der Waals surface area contributed by atoms with Gasteiger partial charge < -0.3 is 20.2 Å². The van der Waals surface area contributed by atoms with Crippen LogP contribution in [-0.4, -0.2) is 16.3 Å². The highest BCUT2D eigenvalue weighted by Crippen LogP contribution is 2.20. The lowest BCUT2D eigenvalue weighted by Crippen LogP contribution is -2.05. The van der Waals surface area contributed by atoms with Gasteiger partial charge in [-0.1, -0.05) is 5.10 Å². The number of aromatic nitrogens is 2. The fourth-order valence-corrected chi connectivity index (χ4v) is 1.48. The number of nitrogens with zero attached hydrogens (tertiary/aromatic N) is 2. The molecule has 1 aromatic heterocycles. The zero-order valence-corrected chi connectivity index (χ0v) is 11.3. The van der Waals surface area contributed by atoms with Crippen LogP contribution >= 0.6 is 0 Å². The van der Waals surface area contributed by atoms with Gasteiger partial charge in [-0.25, -0.2) is 0 Å². The molecule has 102 valence electrons. The molecule has 1 aromatic carbocycles. The molecule has 0 amide bonds. The zero-order chi connectivity index (χ0) is 13.8. The van der Waals surface area contributed by atoms with Gasteiger partial charge >= 0.3 is 6.01 Å². The minimum atomic E-state index is -0.273. The van der Waals surface area contributed by atoms with Crippen molar-refractivity contribution in [2.24, 2.45) is 5.73 Å². The van der Waals surface area contributed by atoms with Gasteiger partial charge in [0.1, 0.15) is 5.75 Å². The van der Waals surface area contributed by atoms with Crippen LogP contribution in [0.15, 0.2) is 28.7 Å². The SMILES string of the molecule is CC(C)Oc1ccc(Nc2nnc(C(C)N)o2)cc1. The highest BCUT2D eigenvalue weighted by Gasteiger charge is 2.09. The summed E-state index contributed by atoms with van der Waals surface area (Å²) in [6, 6.07) is 7.58. The molecule has 6 heteroatoms. The molecule has 1 unspecified atom stereocenters. The molecule has 0 spiro atoms. The first-order chi connectivity index (χ1) is 9.04. The van der Waals surface area contributed by atoms with Crippen LogP contribution in [0.2, 0.25) is 0 Å². The normalized spacial score (nSPS) is 12.5. The number of hydrogen-bond donors (Lipinski definition) is 2. The maximum Gasteiger partial charge on any atom is 0.320 e. The van der Waals surface area contributed by atoms with Crippen LogP contribution in [0.4, 0.5) is 11.7 Å². The Morgan fingerprint density at radius 2 is 1.84 bits per heavy atom. The van der Waals surface area contributed by atoms with Crippen molar-refractivity contribution in [2.75, 3.05) is 5.32 Å². The Morgan fingerprint density at radius 1 is 1.16 bits per heavy atom. The molecule has 19 heavy (non-hydrogen) atoms. The van der Waals surface area contributed by atoms with Crippen molar-refractivity contribution in [1.29, 1.82) is 0 Å². The van der Waals surface area contributed by atoms with Crippen molar-refractivity contribution in [3.8, 4) is 5.75 Å². The van der Waals surface area contributed by atoms with E-state index in [4.69, 9.17) is 14.9 Å². The van der Waals surface area contributed by atoms with E-state index < -0.39 is 0 Å². The Hall–Kier alpha value is -2.08. The van der Waals surface area contributed by atoms with E-state index in [0.29, 0.717) is 11.9 Å². The van der Waals surface area contributed by atoms with Crippen LogP contribution in [0.5, 0.6) is 5.75 Å². The molecular formula is C13H18N4O2. The standard InChI is InChI=1S/C13H18N4O2/c1-8(2)18-11-6-4-10(5-7-11)15-13-17-16-12(19-13)9(3)14/h4-9H,14H2,1-3H3,(H,15,17). The Bertz CT molecular complexity index is 520. The molecule has 0 aliphatic heterocycles. The Balaban J connectivity index is 2.02. The zero-order valence-electron chi connectivity index (χ0n) is 11.3. The largest absolute Gasteiger partial charge is 0.491 e. The quantitative estimate of drug-likeness (QED) is 0.861. The molecule has 0 aliphatic carbocycles. The second-order valence-corrected chi connectivity index (χ2v) is 4.55. The molecule has 0 saturated carbocycles. The molecular weight excluding hydrogens is 244 g/mol. The molecule has 0 saturated heterocycles. The fraction of sp³-hybridized carbons (Fsp3) is 0.385. The van der Waals surface area contributed by atoms with Gasteiger partial charge in [0.25, 0.3) is 0 Å². The van der Waals surface area contributed by atoms with Gasteiger partial charge in [-0.3, -0.25) is 0 Å². The van der Waals surface area contributed by atoms with Gasteiger partial charge in [0.15, 0.2) is 0 Å². The summed E-state index contributed by atoms with van der Waals surface area (Å²) >= 11 is 0. The molecule has 2 aromatic rings. The number of benzene rings is 1. The van der Waals surface area contributed by atoms with E-state index >= 15 is 0 Å². The molecule has 1 atom stereocenters. The van der Waals surface area contributed by atoms with Crippen molar-refractivity contribution in [3.05, 3.63) is 30.2 Å². The Morgan fingerprint density at radius 3 is 2.37 bits per heavy atom. The maximum absolute atomic E-state index is 5.65. The summed E-state index contributed by atoms with van der Waals surface area (Å²) in [5, 5.41) is 10.7. The number of nitrogens with one attached hydrogen (secondary N) is 1. The van der Waals surface area contributed by atoms with Crippen molar-refractivity contribution >= 4 is 11.7 Å². The summed E-state index contributed by atoms with van der Waals surface area (Å²) in [6.45, 7) is 5.76. The number of nitrogens with two attached hydrogens (primary N) is 1. The third-order valence-corrected chi connectivity index (χ3v) is 2.31. The summed E-state index contributed by atoms with van der Waals surface area (Å²) in [6.07, 6.45) is 0.156. The highest BCUT2D eigenvalue weighted by atomic mass is 16.5. The lowest BCUT2D eigenvalue weighted by molar-refractivity contribution is 0.242.